The molecule has 0 amide bonds. The first kappa shape index (κ1) is 18.7. The molecule has 0 saturated carbocycles. The third-order valence-electron chi connectivity index (χ3n) is 3.75. The molecule has 0 bridgehead atoms. The molecule has 0 heterocycles. The molecule has 0 aliphatic rings. The van der Waals surface area contributed by atoms with E-state index < -0.39 is 30.7 Å². The summed E-state index contributed by atoms with van der Waals surface area (Å²) in [6.45, 7) is 18.7. The van der Waals surface area contributed by atoms with Gasteiger partial charge in [-0.3, -0.25) is 0 Å². The second kappa shape index (κ2) is 5.35. The molecule has 1 rings (SSSR count). The van der Waals surface area contributed by atoms with Crippen LogP contribution in [0.1, 0.15) is 20.8 Å². The Labute approximate surface area is 132 Å². The first-order valence-corrected chi connectivity index (χ1v) is 16.0. The van der Waals surface area contributed by atoms with Gasteiger partial charge in [0.25, 0.3) is 0 Å². The molecule has 0 N–H and O–H groups in total. The molecule has 5 heteroatoms. The number of hydrogen-bond donors (Lipinski definition) is 0. The molecule has 21 heavy (non-hydrogen) atoms. The zero-order chi connectivity index (χ0) is 16.9. The maximum Gasteiger partial charge on any atom is 0.183 e. The first-order valence-electron chi connectivity index (χ1n) is 7.48. The predicted octanol–water partition coefficient (Wildman–Crippen LogP) is 3.35. The van der Waals surface area contributed by atoms with Crippen LogP contribution in [0.2, 0.25) is 39.3 Å². The van der Waals surface area contributed by atoms with Crippen LogP contribution >= 0.6 is 0 Å². The van der Waals surface area contributed by atoms with Gasteiger partial charge >= 0.3 is 0 Å². The molecular formula is C16H30O2SSi2. The van der Waals surface area contributed by atoms with Crippen molar-refractivity contribution in [2.75, 3.05) is 0 Å². The Morgan fingerprint density at radius 2 is 1.33 bits per heavy atom. The highest BCUT2D eigenvalue weighted by molar-refractivity contribution is 7.93. The van der Waals surface area contributed by atoms with Gasteiger partial charge in [-0.1, -0.05) is 56.6 Å². The molecule has 0 aliphatic carbocycles. The normalized spacial score (nSPS) is 14.3. The van der Waals surface area contributed by atoms with Crippen LogP contribution in [0.4, 0.5) is 0 Å². The van der Waals surface area contributed by atoms with Gasteiger partial charge in [0.05, 0.1) is 25.8 Å². The van der Waals surface area contributed by atoms with Crippen molar-refractivity contribution < 1.29 is 8.42 Å². The maximum absolute atomic E-state index is 13.0. The van der Waals surface area contributed by atoms with Gasteiger partial charge in [-0.25, -0.2) is 8.42 Å². The van der Waals surface area contributed by atoms with E-state index in [1.54, 1.807) is 20.8 Å². The Balaban J connectivity index is 3.76. The quantitative estimate of drug-likeness (QED) is 0.789. The summed E-state index contributed by atoms with van der Waals surface area (Å²) in [4.78, 5) is 0.578. The SMILES string of the molecule is CC(C)(C)S(=O)(=O)c1cc([Si](C)(C)C)ccc1[Si](C)(C)C. The first-order chi connectivity index (χ1) is 9.08. The van der Waals surface area contributed by atoms with E-state index in [0.29, 0.717) is 4.90 Å². The Hall–Kier alpha value is -0.396. The highest BCUT2D eigenvalue weighted by Gasteiger charge is 2.36. The van der Waals surface area contributed by atoms with Crippen LogP contribution in [-0.4, -0.2) is 29.3 Å². The van der Waals surface area contributed by atoms with E-state index in [1.165, 1.54) is 5.19 Å². The van der Waals surface area contributed by atoms with Crippen LogP contribution in [0.15, 0.2) is 23.1 Å². The molecule has 0 atom stereocenters. The Kier molecular flexibility index (Phi) is 4.75. The van der Waals surface area contributed by atoms with E-state index in [1.807, 2.05) is 6.07 Å². The zero-order valence-corrected chi connectivity index (χ0v) is 17.8. The lowest BCUT2D eigenvalue weighted by atomic mass is 10.3. The van der Waals surface area contributed by atoms with Gasteiger partial charge < -0.3 is 0 Å². The molecule has 0 aliphatic heterocycles. The van der Waals surface area contributed by atoms with Gasteiger partial charge in [0, 0.05) is 0 Å². The Bertz CT molecular complexity index is 628. The van der Waals surface area contributed by atoms with Gasteiger partial charge in [-0.05, 0) is 32.0 Å². The summed E-state index contributed by atoms with van der Waals surface area (Å²) < 4.78 is 25.3. The highest BCUT2D eigenvalue weighted by atomic mass is 32.2. The fourth-order valence-corrected chi connectivity index (χ4v) is 7.44. The molecule has 0 spiro atoms. The molecule has 0 saturated heterocycles. The fourth-order valence-electron chi connectivity index (χ4n) is 2.16. The standard InChI is InChI=1S/C16H30O2SSi2/c1-16(2,3)19(17,18)14-12-13(20(4,5)6)10-11-15(14)21(7,8)9/h10-12H,1-9H3. The summed E-state index contributed by atoms with van der Waals surface area (Å²) in [5.41, 5.74) is 0. The average Bonchev–Trinajstić information content (AvgIpc) is 2.24. The van der Waals surface area contributed by atoms with Crippen molar-refractivity contribution in [3.8, 4) is 0 Å². The van der Waals surface area contributed by atoms with Crippen molar-refractivity contribution in [3.05, 3.63) is 18.2 Å². The average molecular weight is 343 g/mol. The second-order valence-corrected chi connectivity index (χ2v) is 21.6. The molecule has 120 valence electrons. The van der Waals surface area contributed by atoms with E-state index in [2.05, 4.69) is 51.4 Å². The summed E-state index contributed by atoms with van der Waals surface area (Å²) in [5, 5.41) is 2.27. The highest BCUT2D eigenvalue weighted by Crippen LogP contribution is 2.25. The Morgan fingerprint density at radius 3 is 1.67 bits per heavy atom. The van der Waals surface area contributed by atoms with E-state index in [0.717, 1.165) is 5.19 Å². The van der Waals surface area contributed by atoms with Gasteiger partial charge in [-0.2, -0.15) is 0 Å². The number of benzene rings is 1. The topological polar surface area (TPSA) is 34.1 Å². The Morgan fingerprint density at radius 1 is 0.857 bits per heavy atom. The summed E-state index contributed by atoms with van der Waals surface area (Å²) in [5.74, 6) is 0. The predicted molar refractivity (Wildman–Crippen MR) is 99.3 cm³/mol. The largest absolute Gasteiger partial charge is 0.223 e. The summed E-state index contributed by atoms with van der Waals surface area (Å²) >= 11 is 0. The van der Waals surface area contributed by atoms with Gasteiger partial charge in [0.1, 0.15) is 0 Å². The lowest BCUT2D eigenvalue weighted by Gasteiger charge is -2.28. The third kappa shape index (κ3) is 3.87. The van der Waals surface area contributed by atoms with Gasteiger partial charge in [0.2, 0.25) is 0 Å². The van der Waals surface area contributed by atoms with Crippen molar-refractivity contribution in [2.24, 2.45) is 0 Å². The van der Waals surface area contributed by atoms with E-state index in [4.69, 9.17) is 0 Å². The minimum absolute atomic E-state index is 0.578. The monoisotopic (exact) mass is 342 g/mol. The molecule has 1 aromatic carbocycles. The number of rotatable bonds is 3. The molecule has 0 aromatic heterocycles. The summed E-state index contributed by atoms with van der Waals surface area (Å²) in [6.07, 6.45) is 0. The lowest BCUT2D eigenvalue weighted by Crippen LogP contribution is -2.47. The van der Waals surface area contributed by atoms with Crippen molar-refractivity contribution in [2.45, 2.75) is 69.7 Å². The smallest absolute Gasteiger partial charge is 0.183 e. The maximum atomic E-state index is 13.0. The molecule has 0 fully saturated rings. The minimum atomic E-state index is -3.32. The van der Waals surface area contributed by atoms with Crippen molar-refractivity contribution in [1.29, 1.82) is 0 Å². The number of hydrogen-bond acceptors (Lipinski definition) is 2. The molecule has 0 unspecified atom stereocenters. The van der Waals surface area contributed by atoms with Crippen LogP contribution < -0.4 is 10.4 Å². The van der Waals surface area contributed by atoms with Gasteiger partial charge in [-0.15, -0.1) is 0 Å². The molecular weight excluding hydrogens is 312 g/mol. The number of sulfone groups is 1. The molecule has 2 nitrogen and oxygen atoms in total. The van der Waals surface area contributed by atoms with Crippen LogP contribution in [-0.2, 0) is 9.84 Å². The van der Waals surface area contributed by atoms with Crippen molar-refractivity contribution >= 4 is 36.4 Å². The fraction of sp³-hybridized carbons (Fsp3) is 0.625. The van der Waals surface area contributed by atoms with Crippen LogP contribution in [0.25, 0.3) is 0 Å². The minimum Gasteiger partial charge on any atom is -0.223 e. The molecule has 1 aromatic rings. The summed E-state index contributed by atoms with van der Waals surface area (Å²) in [7, 11) is -6.56. The van der Waals surface area contributed by atoms with Crippen molar-refractivity contribution in [3.63, 3.8) is 0 Å². The van der Waals surface area contributed by atoms with Crippen LogP contribution in [0, 0.1) is 0 Å². The van der Waals surface area contributed by atoms with Crippen LogP contribution in [0.3, 0.4) is 0 Å². The summed E-state index contributed by atoms with van der Waals surface area (Å²) in [6, 6.07) is 6.21. The van der Waals surface area contributed by atoms with E-state index >= 15 is 0 Å². The van der Waals surface area contributed by atoms with Gasteiger partial charge in [0.15, 0.2) is 9.84 Å². The molecule has 0 radical (unpaired) electrons. The van der Waals surface area contributed by atoms with E-state index in [-0.39, 0.29) is 0 Å². The zero-order valence-electron chi connectivity index (χ0n) is 15.0. The third-order valence-corrected chi connectivity index (χ3v) is 10.6. The van der Waals surface area contributed by atoms with Crippen LogP contribution in [0.5, 0.6) is 0 Å². The lowest BCUT2D eigenvalue weighted by molar-refractivity contribution is 0.561. The van der Waals surface area contributed by atoms with E-state index in [9.17, 15) is 8.42 Å². The second-order valence-electron chi connectivity index (χ2n) is 8.83. The van der Waals surface area contributed by atoms with Crippen molar-refractivity contribution in [1.82, 2.24) is 0 Å².